The Morgan fingerprint density at radius 2 is 2.19 bits per heavy atom. The Bertz CT molecular complexity index is 790. The van der Waals surface area contributed by atoms with E-state index in [9.17, 15) is 4.39 Å². The first-order valence-electron chi connectivity index (χ1n) is 6.31. The molecule has 108 valence electrons. The van der Waals surface area contributed by atoms with E-state index in [-0.39, 0.29) is 12.4 Å². The van der Waals surface area contributed by atoms with Crippen molar-refractivity contribution in [2.45, 2.75) is 13.2 Å². The van der Waals surface area contributed by atoms with Crippen molar-refractivity contribution in [2.75, 3.05) is 0 Å². The van der Waals surface area contributed by atoms with Crippen LogP contribution in [0.4, 0.5) is 4.39 Å². The maximum absolute atomic E-state index is 14.1. The number of hydrogen-bond donors (Lipinski definition) is 1. The molecule has 0 aliphatic heterocycles. The van der Waals surface area contributed by atoms with Crippen LogP contribution in [0.1, 0.15) is 10.4 Å². The van der Waals surface area contributed by atoms with Crippen LogP contribution in [0.5, 0.6) is 5.75 Å². The van der Waals surface area contributed by atoms with E-state index in [2.05, 4.69) is 20.9 Å². The van der Waals surface area contributed by atoms with Gasteiger partial charge in [-0.2, -0.15) is 0 Å². The zero-order valence-electron chi connectivity index (χ0n) is 11.0. The summed E-state index contributed by atoms with van der Waals surface area (Å²) in [5.74, 6) is 0.387. The molecule has 0 saturated carbocycles. The number of nitrogens with two attached hydrogens (primary N) is 1. The summed E-state index contributed by atoms with van der Waals surface area (Å²) in [6.07, 6.45) is 3.30. The van der Waals surface area contributed by atoms with Crippen molar-refractivity contribution in [3.63, 3.8) is 0 Å². The molecule has 0 saturated heterocycles. The number of aromatic nitrogens is 1. The number of pyridine rings is 1. The van der Waals surface area contributed by atoms with Crippen LogP contribution in [-0.2, 0) is 13.2 Å². The zero-order chi connectivity index (χ0) is 14.8. The van der Waals surface area contributed by atoms with Crippen LogP contribution >= 0.6 is 27.3 Å². The smallest absolute Gasteiger partial charge is 0.139 e. The highest BCUT2D eigenvalue weighted by Crippen LogP contribution is 2.33. The second kappa shape index (κ2) is 6.09. The third-order valence-electron chi connectivity index (χ3n) is 3.10. The lowest BCUT2D eigenvalue weighted by molar-refractivity contribution is 0.305. The maximum Gasteiger partial charge on any atom is 0.139 e. The van der Waals surface area contributed by atoms with Crippen LogP contribution in [0.3, 0.4) is 0 Å². The largest absolute Gasteiger partial charge is 0.487 e. The molecule has 2 N–H and O–H groups in total. The summed E-state index contributed by atoms with van der Waals surface area (Å²) < 4.78 is 21.5. The van der Waals surface area contributed by atoms with Crippen molar-refractivity contribution in [3.05, 3.63) is 57.4 Å². The molecule has 0 atom stereocenters. The first-order chi connectivity index (χ1) is 10.2. The summed E-state index contributed by atoms with van der Waals surface area (Å²) in [7, 11) is 0. The Balaban J connectivity index is 1.96. The Labute approximate surface area is 133 Å². The van der Waals surface area contributed by atoms with Gasteiger partial charge in [0, 0.05) is 37.7 Å². The number of hydrogen-bond acceptors (Lipinski definition) is 4. The molecule has 0 bridgehead atoms. The molecule has 0 amide bonds. The van der Waals surface area contributed by atoms with Crippen molar-refractivity contribution in [1.82, 2.24) is 4.98 Å². The number of halogens is 2. The maximum atomic E-state index is 14.1. The second-order valence-electron chi connectivity index (χ2n) is 4.45. The van der Waals surface area contributed by atoms with Crippen LogP contribution < -0.4 is 10.5 Å². The molecule has 6 heteroatoms. The Morgan fingerprint density at radius 1 is 1.33 bits per heavy atom. The minimum absolute atomic E-state index is 0.241. The predicted octanol–water partition coefficient (Wildman–Crippen LogP) is 4.24. The van der Waals surface area contributed by atoms with E-state index >= 15 is 0 Å². The van der Waals surface area contributed by atoms with Gasteiger partial charge in [-0.15, -0.1) is 11.3 Å². The average Bonchev–Trinajstić information content (AvgIpc) is 2.84. The molecule has 0 aliphatic carbocycles. The van der Waals surface area contributed by atoms with Crippen LogP contribution in [0.25, 0.3) is 10.1 Å². The minimum Gasteiger partial charge on any atom is -0.487 e. The number of rotatable bonds is 4. The van der Waals surface area contributed by atoms with Crippen LogP contribution in [0.2, 0.25) is 0 Å². The summed E-state index contributed by atoms with van der Waals surface area (Å²) in [6.45, 7) is 0.639. The summed E-state index contributed by atoms with van der Waals surface area (Å²) in [5.41, 5.74) is 6.59. The van der Waals surface area contributed by atoms with Crippen LogP contribution in [0, 0.1) is 5.82 Å². The first kappa shape index (κ1) is 14.4. The molecule has 2 aromatic heterocycles. The van der Waals surface area contributed by atoms with E-state index in [0.717, 1.165) is 19.6 Å². The molecule has 0 unspecified atom stereocenters. The standard InChI is InChI=1S/C15H12BrFN2OS/c16-9-4-10(7-19-6-9)20-8-11-14(5-18)21-13-3-1-2-12(17)15(11)13/h1-4,6-7H,5,8,18H2. The molecule has 1 aromatic carbocycles. The molecular formula is C15H12BrFN2OS. The quantitative estimate of drug-likeness (QED) is 0.751. The molecular weight excluding hydrogens is 355 g/mol. The lowest BCUT2D eigenvalue weighted by atomic mass is 10.1. The lowest BCUT2D eigenvalue weighted by Crippen LogP contribution is -2.02. The lowest BCUT2D eigenvalue weighted by Gasteiger charge is -2.07. The third-order valence-corrected chi connectivity index (χ3v) is 4.75. The van der Waals surface area contributed by atoms with Gasteiger partial charge in [0.25, 0.3) is 0 Å². The van der Waals surface area contributed by atoms with E-state index in [0.29, 0.717) is 17.7 Å². The zero-order valence-corrected chi connectivity index (χ0v) is 13.4. The fourth-order valence-electron chi connectivity index (χ4n) is 2.16. The molecule has 3 nitrogen and oxygen atoms in total. The van der Waals surface area contributed by atoms with Crippen LogP contribution in [0.15, 0.2) is 41.1 Å². The fourth-order valence-corrected chi connectivity index (χ4v) is 3.61. The highest BCUT2D eigenvalue weighted by Gasteiger charge is 2.15. The van der Waals surface area contributed by atoms with E-state index in [1.807, 2.05) is 12.1 Å². The highest BCUT2D eigenvalue weighted by molar-refractivity contribution is 9.10. The highest BCUT2D eigenvalue weighted by atomic mass is 79.9. The monoisotopic (exact) mass is 366 g/mol. The number of thiophene rings is 1. The molecule has 3 rings (SSSR count). The van der Waals surface area contributed by atoms with E-state index in [4.69, 9.17) is 10.5 Å². The van der Waals surface area contributed by atoms with Gasteiger partial charge in [0.15, 0.2) is 0 Å². The van der Waals surface area contributed by atoms with Gasteiger partial charge in [-0.25, -0.2) is 4.39 Å². The van der Waals surface area contributed by atoms with E-state index in [1.165, 1.54) is 17.4 Å². The second-order valence-corrected chi connectivity index (χ2v) is 6.50. The third kappa shape index (κ3) is 2.92. The molecule has 3 aromatic rings. The van der Waals surface area contributed by atoms with Gasteiger partial charge in [-0.05, 0) is 34.1 Å². The van der Waals surface area contributed by atoms with Crippen molar-refractivity contribution < 1.29 is 9.13 Å². The van der Waals surface area contributed by atoms with E-state index in [1.54, 1.807) is 18.5 Å². The molecule has 0 radical (unpaired) electrons. The van der Waals surface area contributed by atoms with Gasteiger partial charge < -0.3 is 10.5 Å². The molecule has 21 heavy (non-hydrogen) atoms. The molecule has 2 heterocycles. The summed E-state index contributed by atoms with van der Waals surface area (Å²) in [6, 6.07) is 6.88. The fraction of sp³-hybridized carbons (Fsp3) is 0.133. The Hall–Kier alpha value is -1.50. The van der Waals surface area contributed by atoms with Crippen molar-refractivity contribution in [1.29, 1.82) is 0 Å². The number of benzene rings is 1. The van der Waals surface area contributed by atoms with Gasteiger partial charge in [-0.3, -0.25) is 4.98 Å². The topological polar surface area (TPSA) is 48.1 Å². The van der Waals surface area contributed by atoms with Crippen molar-refractivity contribution >= 4 is 37.4 Å². The van der Waals surface area contributed by atoms with Gasteiger partial charge in [0.05, 0.1) is 6.20 Å². The molecule has 0 fully saturated rings. The van der Waals surface area contributed by atoms with Gasteiger partial charge in [0.1, 0.15) is 18.2 Å². The van der Waals surface area contributed by atoms with Crippen molar-refractivity contribution in [2.24, 2.45) is 5.73 Å². The minimum atomic E-state index is -0.241. The summed E-state index contributed by atoms with van der Waals surface area (Å²) in [5, 5.41) is 0.603. The first-order valence-corrected chi connectivity index (χ1v) is 7.92. The predicted molar refractivity (Wildman–Crippen MR) is 85.9 cm³/mol. The van der Waals surface area contributed by atoms with Crippen LogP contribution in [-0.4, -0.2) is 4.98 Å². The number of fused-ring (bicyclic) bond motifs is 1. The Morgan fingerprint density at radius 3 is 2.95 bits per heavy atom. The summed E-state index contributed by atoms with van der Waals surface area (Å²) in [4.78, 5) is 4.98. The Kier molecular flexibility index (Phi) is 4.19. The number of nitrogens with zero attached hydrogens (tertiary/aromatic N) is 1. The van der Waals surface area contributed by atoms with Crippen molar-refractivity contribution in [3.8, 4) is 5.75 Å². The average molecular weight is 367 g/mol. The SMILES string of the molecule is NCc1sc2cccc(F)c2c1COc1cncc(Br)c1. The normalized spacial score (nSPS) is 11.0. The van der Waals surface area contributed by atoms with E-state index < -0.39 is 0 Å². The van der Waals surface area contributed by atoms with Gasteiger partial charge >= 0.3 is 0 Å². The number of ether oxygens (including phenoxy) is 1. The van der Waals surface area contributed by atoms with Gasteiger partial charge in [0.2, 0.25) is 0 Å². The molecule has 0 aliphatic rings. The molecule has 0 spiro atoms. The van der Waals surface area contributed by atoms with Gasteiger partial charge in [-0.1, -0.05) is 6.07 Å². The summed E-state index contributed by atoms with van der Waals surface area (Å²) >= 11 is 4.85.